The van der Waals surface area contributed by atoms with Crippen LogP contribution in [-0.2, 0) is 4.74 Å². The number of hydrogen-bond acceptors (Lipinski definition) is 2. The van der Waals surface area contributed by atoms with Crippen LogP contribution in [0.4, 0.5) is 0 Å². The minimum atomic E-state index is 0.526. The molecule has 0 heterocycles. The lowest BCUT2D eigenvalue weighted by molar-refractivity contribution is -0.0230. The van der Waals surface area contributed by atoms with Gasteiger partial charge < -0.3 is 10.1 Å². The second-order valence-electron chi connectivity index (χ2n) is 6.43. The normalized spacial score (nSPS) is 32.3. The topological polar surface area (TPSA) is 21.3 Å². The first-order valence-corrected chi connectivity index (χ1v) is 8.10. The van der Waals surface area contributed by atoms with Gasteiger partial charge >= 0.3 is 0 Å². The Balaban J connectivity index is 1.75. The van der Waals surface area contributed by atoms with E-state index >= 15 is 0 Å². The second-order valence-corrected chi connectivity index (χ2v) is 6.43. The maximum absolute atomic E-state index is 6.24. The molecule has 2 aliphatic carbocycles. The highest BCUT2D eigenvalue weighted by molar-refractivity contribution is 4.80. The molecule has 0 aromatic rings. The van der Waals surface area contributed by atoms with E-state index in [4.69, 9.17) is 4.74 Å². The monoisotopic (exact) mass is 253 g/mol. The van der Waals surface area contributed by atoms with Gasteiger partial charge in [0, 0.05) is 6.04 Å². The quantitative estimate of drug-likeness (QED) is 0.805. The van der Waals surface area contributed by atoms with Crippen LogP contribution in [0.1, 0.15) is 64.7 Å². The molecular formula is C16H31NO. The van der Waals surface area contributed by atoms with E-state index in [0.29, 0.717) is 12.1 Å². The number of hydrogen-bond donors (Lipinski definition) is 1. The fraction of sp³-hybridized carbons (Fsp3) is 1.00. The molecule has 2 rings (SSSR count). The average molecular weight is 253 g/mol. The van der Waals surface area contributed by atoms with E-state index in [1.165, 1.54) is 57.8 Å². The summed E-state index contributed by atoms with van der Waals surface area (Å²) in [6, 6.07) is 0.583. The molecule has 1 N–H and O–H groups in total. The van der Waals surface area contributed by atoms with Gasteiger partial charge in [0.2, 0.25) is 0 Å². The molecule has 0 aliphatic heterocycles. The molecular weight excluding hydrogens is 222 g/mol. The van der Waals surface area contributed by atoms with Crippen molar-refractivity contribution in [3.05, 3.63) is 0 Å². The van der Waals surface area contributed by atoms with Crippen LogP contribution in [0.5, 0.6) is 0 Å². The first kappa shape index (κ1) is 14.3. The number of likely N-dealkylation sites (N-methyl/N-ethyl adjacent to an activating group) is 1. The highest BCUT2D eigenvalue weighted by Crippen LogP contribution is 2.29. The molecule has 3 unspecified atom stereocenters. The molecule has 2 heteroatoms. The Hall–Kier alpha value is -0.0800. The molecule has 0 spiro atoms. The first-order chi connectivity index (χ1) is 8.81. The zero-order valence-corrected chi connectivity index (χ0v) is 12.3. The van der Waals surface area contributed by atoms with Crippen molar-refractivity contribution in [2.24, 2.45) is 11.8 Å². The van der Waals surface area contributed by atoms with Crippen molar-refractivity contribution in [2.45, 2.75) is 76.9 Å². The SMILES string of the molecule is CNC(COC1CCCCC1C)C1CCCCC1. The van der Waals surface area contributed by atoms with Crippen molar-refractivity contribution < 1.29 is 4.74 Å². The third-order valence-corrected chi connectivity index (χ3v) is 5.11. The molecule has 2 aliphatic rings. The van der Waals surface area contributed by atoms with Gasteiger partial charge in [0.1, 0.15) is 0 Å². The largest absolute Gasteiger partial charge is 0.376 e. The fourth-order valence-corrected chi connectivity index (χ4v) is 3.75. The van der Waals surface area contributed by atoms with Gasteiger partial charge in [-0.25, -0.2) is 0 Å². The Morgan fingerprint density at radius 1 is 1.00 bits per heavy atom. The predicted octanol–water partition coefficient (Wildman–Crippen LogP) is 3.75. The van der Waals surface area contributed by atoms with Gasteiger partial charge in [-0.3, -0.25) is 0 Å². The lowest BCUT2D eigenvalue weighted by Crippen LogP contribution is -2.41. The van der Waals surface area contributed by atoms with Crippen molar-refractivity contribution in [2.75, 3.05) is 13.7 Å². The molecule has 2 saturated carbocycles. The second kappa shape index (κ2) is 7.49. The lowest BCUT2D eigenvalue weighted by atomic mass is 9.84. The molecule has 2 nitrogen and oxygen atoms in total. The zero-order valence-electron chi connectivity index (χ0n) is 12.3. The summed E-state index contributed by atoms with van der Waals surface area (Å²) in [6.07, 6.45) is 13.0. The molecule has 0 amide bonds. The molecule has 106 valence electrons. The van der Waals surface area contributed by atoms with Crippen LogP contribution in [0, 0.1) is 11.8 Å². The maximum Gasteiger partial charge on any atom is 0.0626 e. The van der Waals surface area contributed by atoms with Gasteiger partial charge in [-0.2, -0.15) is 0 Å². The van der Waals surface area contributed by atoms with Gasteiger partial charge in [0.25, 0.3) is 0 Å². The van der Waals surface area contributed by atoms with Crippen LogP contribution in [0.25, 0.3) is 0 Å². The van der Waals surface area contributed by atoms with Gasteiger partial charge in [-0.1, -0.05) is 39.0 Å². The van der Waals surface area contributed by atoms with Gasteiger partial charge in [0.05, 0.1) is 12.7 Å². The summed E-state index contributed by atoms with van der Waals surface area (Å²) in [7, 11) is 2.10. The van der Waals surface area contributed by atoms with Crippen LogP contribution in [-0.4, -0.2) is 25.8 Å². The van der Waals surface area contributed by atoms with Crippen LogP contribution in [0.15, 0.2) is 0 Å². The van der Waals surface area contributed by atoms with Crippen molar-refractivity contribution in [3.8, 4) is 0 Å². The van der Waals surface area contributed by atoms with Crippen molar-refractivity contribution in [3.63, 3.8) is 0 Å². The average Bonchev–Trinajstić information content (AvgIpc) is 2.42. The van der Waals surface area contributed by atoms with E-state index in [2.05, 4.69) is 19.3 Å². The summed E-state index contributed by atoms with van der Waals surface area (Å²) >= 11 is 0. The highest BCUT2D eigenvalue weighted by atomic mass is 16.5. The maximum atomic E-state index is 6.24. The van der Waals surface area contributed by atoms with Crippen LogP contribution >= 0.6 is 0 Å². The van der Waals surface area contributed by atoms with E-state index < -0.39 is 0 Å². The number of ether oxygens (including phenoxy) is 1. The summed E-state index contributed by atoms with van der Waals surface area (Å²) in [5, 5.41) is 3.50. The number of nitrogens with one attached hydrogen (secondary N) is 1. The lowest BCUT2D eigenvalue weighted by Gasteiger charge is -2.34. The Morgan fingerprint density at radius 2 is 1.67 bits per heavy atom. The van der Waals surface area contributed by atoms with E-state index in [0.717, 1.165) is 18.4 Å². The molecule has 0 bridgehead atoms. The summed E-state index contributed by atoms with van der Waals surface area (Å²) < 4.78 is 6.24. The van der Waals surface area contributed by atoms with Gasteiger partial charge in [-0.15, -0.1) is 0 Å². The van der Waals surface area contributed by atoms with Crippen LogP contribution in [0.3, 0.4) is 0 Å². The van der Waals surface area contributed by atoms with E-state index in [9.17, 15) is 0 Å². The Kier molecular flexibility index (Phi) is 5.97. The molecule has 0 aromatic carbocycles. The van der Waals surface area contributed by atoms with Crippen LogP contribution < -0.4 is 5.32 Å². The van der Waals surface area contributed by atoms with E-state index in [1.807, 2.05) is 0 Å². The van der Waals surface area contributed by atoms with Crippen molar-refractivity contribution >= 4 is 0 Å². The van der Waals surface area contributed by atoms with Crippen LogP contribution in [0.2, 0.25) is 0 Å². The third-order valence-electron chi connectivity index (χ3n) is 5.11. The molecule has 0 radical (unpaired) electrons. The minimum absolute atomic E-state index is 0.526. The highest BCUT2D eigenvalue weighted by Gasteiger charge is 2.26. The molecule has 18 heavy (non-hydrogen) atoms. The van der Waals surface area contributed by atoms with Crippen molar-refractivity contribution in [1.82, 2.24) is 5.32 Å². The summed E-state index contributed by atoms with van der Waals surface area (Å²) in [5.41, 5.74) is 0. The minimum Gasteiger partial charge on any atom is -0.376 e. The summed E-state index contributed by atoms with van der Waals surface area (Å²) in [6.45, 7) is 3.29. The molecule has 0 saturated heterocycles. The van der Waals surface area contributed by atoms with Crippen molar-refractivity contribution in [1.29, 1.82) is 0 Å². The van der Waals surface area contributed by atoms with Gasteiger partial charge in [-0.05, 0) is 44.6 Å². The standard InChI is InChI=1S/C16H31NO/c1-13-8-6-7-11-16(13)18-12-15(17-2)14-9-4-3-5-10-14/h13-17H,3-12H2,1-2H3. The molecule has 0 aromatic heterocycles. The third kappa shape index (κ3) is 3.96. The number of rotatable bonds is 5. The van der Waals surface area contributed by atoms with E-state index in [-0.39, 0.29) is 0 Å². The molecule has 2 fully saturated rings. The smallest absolute Gasteiger partial charge is 0.0626 e. The summed E-state index contributed by atoms with van der Waals surface area (Å²) in [5.74, 6) is 1.62. The zero-order chi connectivity index (χ0) is 12.8. The first-order valence-electron chi connectivity index (χ1n) is 8.10. The Bertz CT molecular complexity index is 225. The predicted molar refractivity (Wildman–Crippen MR) is 76.8 cm³/mol. The fourth-order valence-electron chi connectivity index (χ4n) is 3.75. The van der Waals surface area contributed by atoms with Gasteiger partial charge in [0.15, 0.2) is 0 Å². The Morgan fingerprint density at radius 3 is 2.33 bits per heavy atom. The van der Waals surface area contributed by atoms with E-state index in [1.54, 1.807) is 0 Å². The molecule has 3 atom stereocenters. The summed E-state index contributed by atoms with van der Waals surface area (Å²) in [4.78, 5) is 0. The Labute approximate surface area is 113 Å².